The number of anilines is 1. The van der Waals surface area contributed by atoms with E-state index in [1.807, 2.05) is 18.2 Å². The van der Waals surface area contributed by atoms with Crippen molar-refractivity contribution in [1.29, 1.82) is 0 Å². The van der Waals surface area contributed by atoms with Crippen LogP contribution in [0.15, 0.2) is 54.6 Å². The lowest BCUT2D eigenvalue weighted by atomic mass is 10.2. The summed E-state index contributed by atoms with van der Waals surface area (Å²) in [7, 11) is 0. The van der Waals surface area contributed by atoms with Crippen LogP contribution in [0.1, 0.15) is 31.1 Å². The van der Waals surface area contributed by atoms with Gasteiger partial charge in [0.2, 0.25) is 0 Å². The maximum absolute atomic E-state index is 12.8. The van der Waals surface area contributed by atoms with Crippen molar-refractivity contribution < 1.29 is 19.1 Å². The molecular weight excluding hydrogens is 380 g/mol. The third-order valence-electron chi connectivity index (χ3n) is 5.00. The van der Waals surface area contributed by atoms with E-state index in [9.17, 15) is 9.59 Å². The Bertz CT molecular complexity index is 845. The van der Waals surface area contributed by atoms with Gasteiger partial charge in [0.15, 0.2) is 6.10 Å². The van der Waals surface area contributed by atoms with Crippen LogP contribution in [-0.2, 0) is 9.53 Å². The second-order valence-electron chi connectivity index (χ2n) is 7.93. The Morgan fingerprint density at radius 3 is 2.30 bits per heavy atom. The van der Waals surface area contributed by atoms with Crippen LogP contribution in [-0.4, -0.2) is 55.7 Å². The van der Waals surface area contributed by atoms with Gasteiger partial charge >= 0.3 is 5.97 Å². The number of piperazine rings is 1. The lowest BCUT2D eigenvalue weighted by Crippen LogP contribution is -2.51. The molecule has 3 rings (SSSR count). The van der Waals surface area contributed by atoms with Crippen molar-refractivity contribution in [2.75, 3.05) is 37.7 Å². The van der Waals surface area contributed by atoms with Gasteiger partial charge in [-0.05, 0) is 43.2 Å². The van der Waals surface area contributed by atoms with E-state index < -0.39 is 12.1 Å². The average molecular weight is 411 g/mol. The van der Waals surface area contributed by atoms with E-state index >= 15 is 0 Å². The van der Waals surface area contributed by atoms with Gasteiger partial charge in [-0.2, -0.15) is 0 Å². The number of hydrogen-bond donors (Lipinski definition) is 0. The Hall–Kier alpha value is -3.02. The Labute approximate surface area is 178 Å². The van der Waals surface area contributed by atoms with Crippen LogP contribution in [0.25, 0.3) is 0 Å². The van der Waals surface area contributed by atoms with E-state index in [1.54, 1.807) is 36.1 Å². The predicted octanol–water partition coefficient (Wildman–Crippen LogP) is 3.62. The van der Waals surface area contributed by atoms with Crippen LogP contribution in [0, 0.1) is 5.92 Å². The number of benzene rings is 2. The molecule has 0 spiro atoms. The highest BCUT2D eigenvalue weighted by molar-refractivity contribution is 5.92. The minimum Gasteiger partial charge on any atom is -0.493 e. The van der Waals surface area contributed by atoms with Gasteiger partial charge in [-0.25, -0.2) is 4.79 Å². The Balaban J connectivity index is 1.52. The molecule has 1 saturated heterocycles. The molecule has 0 N–H and O–H groups in total. The van der Waals surface area contributed by atoms with Crippen molar-refractivity contribution in [2.24, 2.45) is 5.92 Å². The Kier molecular flexibility index (Phi) is 7.33. The molecule has 6 nitrogen and oxygen atoms in total. The monoisotopic (exact) mass is 410 g/mol. The molecule has 6 heteroatoms. The molecule has 0 aliphatic carbocycles. The van der Waals surface area contributed by atoms with E-state index in [0.29, 0.717) is 36.9 Å². The van der Waals surface area contributed by atoms with Crippen LogP contribution in [0.3, 0.4) is 0 Å². The van der Waals surface area contributed by atoms with Crippen LogP contribution in [0.2, 0.25) is 0 Å². The zero-order valence-corrected chi connectivity index (χ0v) is 17.9. The van der Waals surface area contributed by atoms with Crippen molar-refractivity contribution in [2.45, 2.75) is 26.9 Å². The van der Waals surface area contributed by atoms with Gasteiger partial charge < -0.3 is 19.3 Å². The summed E-state index contributed by atoms with van der Waals surface area (Å²) in [6.45, 7) is 9.04. The van der Waals surface area contributed by atoms with Crippen LogP contribution >= 0.6 is 0 Å². The maximum atomic E-state index is 12.8. The van der Waals surface area contributed by atoms with E-state index in [1.165, 1.54) is 0 Å². The smallest absolute Gasteiger partial charge is 0.339 e. The Morgan fingerprint density at radius 1 is 0.933 bits per heavy atom. The molecule has 1 heterocycles. The fraction of sp³-hybridized carbons (Fsp3) is 0.417. The highest BCUT2D eigenvalue weighted by Gasteiger charge is 2.27. The first-order valence-electron chi connectivity index (χ1n) is 10.5. The second-order valence-corrected chi connectivity index (χ2v) is 7.93. The molecule has 1 unspecified atom stereocenters. The number of nitrogens with zero attached hydrogens (tertiary/aromatic N) is 2. The first kappa shape index (κ1) is 21.7. The molecule has 0 aromatic heterocycles. The van der Waals surface area contributed by atoms with Gasteiger partial charge in [-0.3, -0.25) is 4.79 Å². The van der Waals surface area contributed by atoms with Crippen LogP contribution in [0.5, 0.6) is 5.75 Å². The van der Waals surface area contributed by atoms with Gasteiger partial charge in [-0.1, -0.05) is 38.1 Å². The number of ether oxygens (including phenoxy) is 2. The number of esters is 1. The second kappa shape index (κ2) is 10.1. The summed E-state index contributed by atoms with van der Waals surface area (Å²) in [6, 6.07) is 17.0. The maximum Gasteiger partial charge on any atom is 0.339 e. The van der Waals surface area contributed by atoms with Crippen LogP contribution < -0.4 is 9.64 Å². The fourth-order valence-corrected chi connectivity index (χ4v) is 3.34. The van der Waals surface area contributed by atoms with Gasteiger partial charge in [0.1, 0.15) is 5.75 Å². The summed E-state index contributed by atoms with van der Waals surface area (Å²) < 4.78 is 11.1. The minimum atomic E-state index is -0.832. The number of rotatable bonds is 7. The average Bonchev–Trinajstić information content (AvgIpc) is 2.78. The first-order valence-corrected chi connectivity index (χ1v) is 10.5. The molecule has 160 valence electrons. The van der Waals surface area contributed by atoms with E-state index in [-0.39, 0.29) is 5.91 Å². The zero-order chi connectivity index (χ0) is 21.5. The standard InChI is InChI=1S/C24H30N2O4/c1-18(2)17-29-22-11-7-8-20(16-22)24(28)30-19(3)23(27)26-14-12-25(13-15-26)21-9-5-4-6-10-21/h4-11,16,18-19H,12-15,17H2,1-3H3. The molecule has 30 heavy (non-hydrogen) atoms. The van der Waals surface area contributed by atoms with Gasteiger partial charge in [0.25, 0.3) is 5.91 Å². The van der Waals surface area contributed by atoms with E-state index in [2.05, 4.69) is 30.9 Å². The van der Waals surface area contributed by atoms with Crippen molar-refractivity contribution in [1.82, 2.24) is 4.90 Å². The van der Waals surface area contributed by atoms with Crippen molar-refractivity contribution in [3.63, 3.8) is 0 Å². The number of hydrogen-bond acceptors (Lipinski definition) is 5. The number of carbonyl (C=O) groups excluding carboxylic acids is 2. The Morgan fingerprint density at radius 2 is 1.63 bits per heavy atom. The molecule has 1 aliphatic heterocycles. The van der Waals surface area contributed by atoms with Gasteiger partial charge in [0.05, 0.1) is 12.2 Å². The van der Waals surface area contributed by atoms with Crippen molar-refractivity contribution >= 4 is 17.6 Å². The lowest BCUT2D eigenvalue weighted by molar-refractivity contribution is -0.140. The molecule has 1 atom stereocenters. The predicted molar refractivity (Wildman–Crippen MR) is 117 cm³/mol. The summed E-state index contributed by atoms with van der Waals surface area (Å²) in [6.07, 6.45) is -0.832. The molecule has 2 aromatic rings. The normalized spacial score (nSPS) is 15.1. The largest absolute Gasteiger partial charge is 0.493 e. The molecule has 1 amide bonds. The number of amides is 1. The summed E-state index contributed by atoms with van der Waals surface area (Å²) in [5, 5.41) is 0. The van der Waals surface area contributed by atoms with Gasteiger partial charge in [0, 0.05) is 31.9 Å². The van der Waals surface area contributed by atoms with Crippen molar-refractivity contribution in [3.05, 3.63) is 60.2 Å². The molecule has 1 fully saturated rings. The quantitative estimate of drug-likeness (QED) is 0.653. The fourth-order valence-electron chi connectivity index (χ4n) is 3.34. The molecule has 0 radical (unpaired) electrons. The van der Waals surface area contributed by atoms with E-state index in [4.69, 9.17) is 9.47 Å². The highest BCUT2D eigenvalue weighted by atomic mass is 16.5. The third kappa shape index (κ3) is 5.75. The summed E-state index contributed by atoms with van der Waals surface area (Å²) in [4.78, 5) is 29.3. The topological polar surface area (TPSA) is 59.1 Å². The van der Waals surface area contributed by atoms with Crippen molar-refractivity contribution in [3.8, 4) is 5.75 Å². The molecule has 2 aromatic carbocycles. The van der Waals surface area contributed by atoms with Gasteiger partial charge in [-0.15, -0.1) is 0 Å². The molecule has 0 saturated carbocycles. The molecule has 1 aliphatic rings. The minimum absolute atomic E-state index is 0.164. The zero-order valence-electron chi connectivity index (χ0n) is 17.9. The number of para-hydroxylation sites is 1. The van der Waals surface area contributed by atoms with E-state index in [0.717, 1.165) is 18.8 Å². The molecule has 0 bridgehead atoms. The first-order chi connectivity index (χ1) is 14.4. The summed E-state index contributed by atoms with van der Waals surface area (Å²) in [5.41, 5.74) is 1.54. The summed E-state index contributed by atoms with van der Waals surface area (Å²) in [5.74, 6) is 0.326. The third-order valence-corrected chi connectivity index (χ3v) is 5.00. The van der Waals surface area contributed by atoms with Crippen LogP contribution in [0.4, 0.5) is 5.69 Å². The lowest BCUT2D eigenvalue weighted by Gasteiger charge is -2.37. The summed E-state index contributed by atoms with van der Waals surface area (Å²) >= 11 is 0. The molecular formula is C24H30N2O4. The SMILES string of the molecule is CC(C)COc1cccc(C(=O)OC(C)C(=O)N2CCN(c3ccccc3)CC2)c1. The number of carbonyl (C=O) groups is 2. The highest BCUT2D eigenvalue weighted by Crippen LogP contribution is 2.18.